The van der Waals surface area contributed by atoms with Gasteiger partial charge in [-0.25, -0.2) is 4.98 Å². The zero-order chi connectivity index (χ0) is 17.1. The fraction of sp³-hybridized carbons (Fsp3) is 0.150. The van der Waals surface area contributed by atoms with Crippen LogP contribution in [0.2, 0.25) is 0 Å². The van der Waals surface area contributed by atoms with Gasteiger partial charge in [-0.3, -0.25) is 0 Å². The molecule has 0 atom stereocenters. The van der Waals surface area contributed by atoms with Gasteiger partial charge in [0.25, 0.3) is 0 Å². The molecule has 0 N–H and O–H groups in total. The number of aryl methyl sites for hydroxylation is 1. The van der Waals surface area contributed by atoms with Crippen LogP contribution in [0.1, 0.15) is 16.8 Å². The van der Waals surface area contributed by atoms with E-state index in [0.717, 1.165) is 26.6 Å². The molecule has 0 radical (unpaired) electrons. The lowest BCUT2D eigenvalue weighted by molar-refractivity contribution is 0.353. The molecule has 0 aliphatic carbocycles. The number of ether oxygens (including phenoxy) is 2. The third-order valence-electron chi connectivity index (χ3n) is 3.85. The molecule has 0 amide bonds. The predicted molar refractivity (Wildman–Crippen MR) is 103 cm³/mol. The highest BCUT2D eigenvalue weighted by atomic mass is 79.9. The Kier molecular flexibility index (Phi) is 4.86. The summed E-state index contributed by atoms with van der Waals surface area (Å²) in [4.78, 5) is 4.73. The number of hydrogen-bond acceptors (Lipinski definition) is 3. The van der Waals surface area contributed by atoms with E-state index in [4.69, 9.17) is 14.5 Å². The molecule has 3 nitrogen and oxygen atoms in total. The van der Waals surface area contributed by atoms with Gasteiger partial charge in [0.15, 0.2) is 11.5 Å². The molecule has 0 aliphatic heterocycles. The number of fused-ring (bicyclic) bond motifs is 1. The van der Waals surface area contributed by atoms with Gasteiger partial charge in [-0.2, -0.15) is 0 Å². The van der Waals surface area contributed by atoms with Crippen LogP contribution >= 0.6 is 15.9 Å². The molecule has 2 aromatic carbocycles. The molecule has 1 heterocycles. The van der Waals surface area contributed by atoms with Gasteiger partial charge in [0.2, 0.25) is 0 Å². The zero-order valence-corrected chi connectivity index (χ0v) is 15.4. The van der Waals surface area contributed by atoms with Gasteiger partial charge in [-0.05, 0) is 58.3 Å². The van der Waals surface area contributed by atoms with E-state index in [-0.39, 0.29) is 0 Å². The number of rotatable bonds is 4. The fourth-order valence-corrected chi connectivity index (χ4v) is 3.24. The monoisotopic (exact) mass is 383 g/mol. The topological polar surface area (TPSA) is 31.4 Å². The van der Waals surface area contributed by atoms with Crippen molar-refractivity contribution in [3.63, 3.8) is 0 Å². The SMILES string of the molecule is COc1cc(/C=C/c2ccc3cccc(C)c3n2)cc(Br)c1OC. The summed E-state index contributed by atoms with van der Waals surface area (Å²) >= 11 is 3.51. The summed E-state index contributed by atoms with van der Waals surface area (Å²) in [5.41, 5.74) is 4.14. The summed E-state index contributed by atoms with van der Waals surface area (Å²) < 4.78 is 11.6. The average molecular weight is 384 g/mol. The number of benzene rings is 2. The summed E-state index contributed by atoms with van der Waals surface area (Å²) in [6.45, 7) is 2.08. The molecule has 0 spiro atoms. The van der Waals surface area contributed by atoms with Gasteiger partial charge in [-0.15, -0.1) is 0 Å². The molecule has 0 fully saturated rings. The van der Waals surface area contributed by atoms with Crippen LogP contribution in [0.15, 0.2) is 46.9 Å². The molecule has 0 unspecified atom stereocenters. The maximum absolute atomic E-state index is 5.38. The molecule has 0 saturated heterocycles. The summed E-state index contributed by atoms with van der Waals surface area (Å²) in [5.74, 6) is 1.38. The molecule has 122 valence electrons. The lowest BCUT2D eigenvalue weighted by Crippen LogP contribution is -1.92. The number of methoxy groups -OCH3 is 2. The van der Waals surface area contributed by atoms with Crippen LogP contribution in [0.3, 0.4) is 0 Å². The number of nitrogens with zero attached hydrogens (tertiary/aromatic N) is 1. The maximum Gasteiger partial charge on any atom is 0.174 e. The maximum atomic E-state index is 5.38. The second-order valence-corrected chi connectivity index (χ2v) is 6.31. The number of aromatic nitrogens is 1. The van der Waals surface area contributed by atoms with Crippen molar-refractivity contribution in [3.8, 4) is 11.5 Å². The largest absolute Gasteiger partial charge is 0.493 e. The molecule has 1 aromatic heterocycles. The number of hydrogen-bond donors (Lipinski definition) is 0. The van der Waals surface area contributed by atoms with Crippen LogP contribution in [0.5, 0.6) is 11.5 Å². The number of para-hydroxylation sites is 1. The first-order valence-electron chi connectivity index (χ1n) is 7.58. The molecular formula is C20H18BrNO2. The van der Waals surface area contributed by atoms with Gasteiger partial charge < -0.3 is 9.47 Å². The zero-order valence-electron chi connectivity index (χ0n) is 13.8. The summed E-state index contributed by atoms with van der Waals surface area (Å²) in [7, 11) is 3.25. The molecule has 24 heavy (non-hydrogen) atoms. The van der Waals surface area contributed by atoms with Gasteiger partial charge in [0, 0.05) is 5.39 Å². The Morgan fingerprint density at radius 1 is 1.00 bits per heavy atom. The molecule has 3 rings (SSSR count). The Morgan fingerprint density at radius 2 is 1.83 bits per heavy atom. The van der Waals surface area contributed by atoms with E-state index in [2.05, 4.69) is 47.1 Å². The van der Waals surface area contributed by atoms with Crippen molar-refractivity contribution in [2.45, 2.75) is 6.92 Å². The van der Waals surface area contributed by atoms with E-state index in [0.29, 0.717) is 11.5 Å². The van der Waals surface area contributed by atoms with Crippen LogP contribution in [-0.4, -0.2) is 19.2 Å². The predicted octanol–water partition coefficient (Wildman–Crippen LogP) is 5.49. The van der Waals surface area contributed by atoms with Crippen LogP contribution in [0.4, 0.5) is 0 Å². The highest BCUT2D eigenvalue weighted by Crippen LogP contribution is 2.36. The van der Waals surface area contributed by atoms with Gasteiger partial charge in [-0.1, -0.05) is 30.3 Å². The third-order valence-corrected chi connectivity index (χ3v) is 4.44. The summed E-state index contributed by atoms with van der Waals surface area (Å²) in [6.07, 6.45) is 4.01. The number of pyridine rings is 1. The van der Waals surface area contributed by atoms with Crippen molar-refractivity contribution in [3.05, 3.63) is 63.8 Å². The standard InChI is InChI=1S/C20H18BrNO2/c1-13-5-4-6-15-8-10-16(22-19(13)15)9-7-14-11-17(21)20(24-3)18(12-14)23-2/h4-12H,1-3H3/b9-7+. The van der Waals surface area contributed by atoms with Crippen molar-refractivity contribution < 1.29 is 9.47 Å². The molecule has 0 aliphatic rings. The quantitative estimate of drug-likeness (QED) is 0.596. The fourth-order valence-electron chi connectivity index (χ4n) is 2.62. The van der Waals surface area contributed by atoms with Crippen molar-refractivity contribution in [2.75, 3.05) is 14.2 Å². The lowest BCUT2D eigenvalue weighted by atomic mass is 10.1. The number of halogens is 1. The van der Waals surface area contributed by atoms with Gasteiger partial charge in [0.1, 0.15) is 0 Å². The van der Waals surface area contributed by atoms with Crippen LogP contribution in [0.25, 0.3) is 23.1 Å². The van der Waals surface area contributed by atoms with E-state index in [1.807, 2.05) is 30.4 Å². The Morgan fingerprint density at radius 3 is 2.58 bits per heavy atom. The highest BCUT2D eigenvalue weighted by Gasteiger charge is 2.09. The average Bonchev–Trinajstić information content (AvgIpc) is 2.60. The second-order valence-electron chi connectivity index (χ2n) is 5.45. The minimum absolute atomic E-state index is 0.689. The van der Waals surface area contributed by atoms with E-state index in [1.165, 1.54) is 5.56 Å². The molecule has 0 saturated carbocycles. The smallest absolute Gasteiger partial charge is 0.174 e. The Labute approximate surface area is 150 Å². The minimum atomic E-state index is 0.689. The van der Waals surface area contributed by atoms with Crippen LogP contribution in [0, 0.1) is 6.92 Å². The van der Waals surface area contributed by atoms with Crippen molar-refractivity contribution >= 4 is 39.0 Å². The first-order valence-corrected chi connectivity index (χ1v) is 8.37. The first kappa shape index (κ1) is 16.5. The Hall–Kier alpha value is -2.33. The highest BCUT2D eigenvalue weighted by molar-refractivity contribution is 9.10. The summed E-state index contributed by atoms with van der Waals surface area (Å²) in [6, 6.07) is 14.3. The van der Waals surface area contributed by atoms with Crippen molar-refractivity contribution in [1.82, 2.24) is 4.98 Å². The normalized spacial score (nSPS) is 11.2. The second kappa shape index (κ2) is 7.05. The summed E-state index contributed by atoms with van der Waals surface area (Å²) in [5, 5.41) is 1.15. The molecular weight excluding hydrogens is 366 g/mol. The third kappa shape index (κ3) is 3.29. The van der Waals surface area contributed by atoms with E-state index in [9.17, 15) is 0 Å². The van der Waals surface area contributed by atoms with Gasteiger partial charge in [0.05, 0.1) is 29.9 Å². The van der Waals surface area contributed by atoms with E-state index < -0.39 is 0 Å². The van der Waals surface area contributed by atoms with Crippen molar-refractivity contribution in [1.29, 1.82) is 0 Å². The first-order chi connectivity index (χ1) is 11.6. The van der Waals surface area contributed by atoms with Gasteiger partial charge >= 0.3 is 0 Å². The minimum Gasteiger partial charge on any atom is -0.493 e. The Bertz CT molecular complexity index is 919. The van der Waals surface area contributed by atoms with E-state index >= 15 is 0 Å². The molecule has 3 aromatic rings. The van der Waals surface area contributed by atoms with Crippen LogP contribution in [-0.2, 0) is 0 Å². The Balaban J connectivity index is 1.96. The van der Waals surface area contributed by atoms with Crippen LogP contribution < -0.4 is 9.47 Å². The molecule has 0 bridgehead atoms. The van der Waals surface area contributed by atoms with Crippen molar-refractivity contribution in [2.24, 2.45) is 0 Å². The lowest BCUT2D eigenvalue weighted by Gasteiger charge is -2.10. The molecule has 4 heteroatoms. The van der Waals surface area contributed by atoms with E-state index in [1.54, 1.807) is 14.2 Å².